The summed E-state index contributed by atoms with van der Waals surface area (Å²) in [6.07, 6.45) is 5.83. The Morgan fingerprint density at radius 1 is 1.19 bits per heavy atom. The lowest BCUT2D eigenvalue weighted by atomic mass is 9.86. The lowest BCUT2D eigenvalue weighted by molar-refractivity contribution is -0.131. The van der Waals surface area contributed by atoms with Crippen molar-refractivity contribution < 1.29 is 14.3 Å². The fourth-order valence-electron chi connectivity index (χ4n) is 5.40. The number of nitrogens with one attached hydrogen (secondary N) is 1. The molecular formula is C27H32N6O3. The fourth-order valence-corrected chi connectivity index (χ4v) is 5.40. The quantitative estimate of drug-likeness (QED) is 0.569. The number of H-pyrrole nitrogens is 1. The molecule has 2 aliphatic rings. The maximum absolute atomic E-state index is 14.0. The third-order valence-corrected chi connectivity index (χ3v) is 7.48. The number of pyridine rings is 1. The van der Waals surface area contributed by atoms with E-state index in [1.54, 1.807) is 20.2 Å². The van der Waals surface area contributed by atoms with Crippen LogP contribution in [0.4, 0.5) is 10.6 Å². The van der Waals surface area contributed by atoms with Crippen molar-refractivity contribution in [2.75, 3.05) is 31.6 Å². The van der Waals surface area contributed by atoms with Crippen LogP contribution < -0.4 is 9.64 Å². The van der Waals surface area contributed by atoms with Gasteiger partial charge < -0.3 is 14.5 Å². The number of hydrogen-bond donors (Lipinski definition) is 1. The van der Waals surface area contributed by atoms with Crippen LogP contribution in [-0.4, -0.2) is 69.2 Å². The monoisotopic (exact) mass is 488 g/mol. The van der Waals surface area contributed by atoms with E-state index >= 15 is 0 Å². The number of likely N-dealkylation sites (tertiary alicyclic amines) is 1. The van der Waals surface area contributed by atoms with Gasteiger partial charge >= 0.3 is 6.03 Å². The summed E-state index contributed by atoms with van der Waals surface area (Å²) >= 11 is 0. The van der Waals surface area contributed by atoms with Gasteiger partial charge in [-0.3, -0.25) is 14.8 Å². The molecule has 4 heterocycles. The predicted molar refractivity (Wildman–Crippen MR) is 137 cm³/mol. The third kappa shape index (κ3) is 4.29. The van der Waals surface area contributed by atoms with Crippen molar-refractivity contribution in [3.8, 4) is 16.9 Å². The third-order valence-electron chi connectivity index (χ3n) is 7.48. The molecule has 0 atom stereocenters. The second-order valence-corrected chi connectivity index (χ2v) is 9.54. The van der Waals surface area contributed by atoms with Crippen molar-refractivity contribution in [1.29, 1.82) is 0 Å². The SMILES string of the molecule is CCc1nc(N2CC3(CCN(C(C)=O)CC3)N(Cc3cccc(OC)c3)C2=O)ccc1-c1cn[nH]c1. The van der Waals surface area contributed by atoms with E-state index in [2.05, 4.69) is 17.1 Å². The van der Waals surface area contributed by atoms with Gasteiger partial charge in [0.05, 0.1) is 31.1 Å². The van der Waals surface area contributed by atoms with Crippen molar-refractivity contribution in [3.05, 3.63) is 60.0 Å². The first-order valence-electron chi connectivity index (χ1n) is 12.4. The number of piperidine rings is 1. The molecule has 1 spiro atoms. The number of aromatic nitrogens is 3. The molecule has 0 radical (unpaired) electrons. The van der Waals surface area contributed by atoms with Crippen molar-refractivity contribution in [1.82, 2.24) is 25.0 Å². The van der Waals surface area contributed by atoms with Gasteiger partial charge in [-0.2, -0.15) is 5.10 Å². The van der Waals surface area contributed by atoms with Crippen LogP contribution >= 0.6 is 0 Å². The van der Waals surface area contributed by atoms with Crippen LogP contribution in [0.15, 0.2) is 48.8 Å². The van der Waals surface area contributed by atoms with Gasteiger partial charge in [0.25, 0.3) is 0 Å². The van der Waals surface area contributed by atoms with E-state index in [-0.39, 0.29) is 17.5 Å². The molecule has 3 amide bonds. The predicted octanol–water partition coefficient (Wildman–Crippen LogP) is 3.87. The fraction of sp³-hybridized carbons (Fsp3) is 0.407. The molecule has 9 heteroatoms. The number of ether oxygens (including phenoxy) is 1. The minimum Gasteiger partial charge on any atom is -0.497 e. The number of carbonyl (C=O) groups excluding carboxylic acids is 2. The number of methoxy groups -OCH3 is 1. The van der Waals surface area contributed by atoms with Gasteiger partial charge in [-0.25, -0.2) is 9.78 Å². The Labute approximate surface area is 211 Å². The molecule has 2 aromatic heterocycles. The van der Waals surface area contributed by atoms with Gasteiger partial charge in [-0.05, 0) is 49.1 Å². The topological polar surface area (TPSA) is 94.7 Å². The van der Waals surface area contributed by atoms with Gasteiger partial charge in [0.15, 0.2) is 0 Å². The molecule has 0 unspecified atom stereocenters. The maximum Gasteiger partial charge on any atom is 0.326 e. The number of aromatic amines is 1. The first-order valence-corrected chi connectivity index (χ1v) is 12.4. The van der Waals surface area contributed by atoms with Crippen LogP contribution in [0, 0.1) is 0 Å². The lowest BCUT2D eigenvalue weighted by Gasteiger charge is -2.43. The van der Waals surface area contributed by atoms with E-state index < -0.39 is 0 Å². The Bertz CT molecular complexity index is 1250. The summed E-state index contributed by atoms with van der Waals surface area (Å²) in [5.41, 5.74) is 3.55. The van der Waals surface area contributed by atoms with Crippen molar-refractivity contribution in [2.45, 2.75) is 45.2 Å². The van der Waals surface area contributed by atoms with Crippen molar-refractivity contribution in [3.63, 3.8) is 0 Å². The summed E-state index contributed by atoms with van der Waals surface area (Å²) in [6, 6.07) is 11.7. The number of aryl methyl sites for hydroxylation is 1. The van der Waals surface area contributed by atoms with Gasteiger partial charge in [-0.1, -0.05) is 19.1 Å². The highest BCUT2D eigenvalue weighted by molar-refractivity contribution is 5.95. The molecule has 0 saturated carbocycles. The van der Waals surface area contributed by atoms with E-state index in [9.17, 15) is 9.59 Å². The van der Waals surface area contributed by atoms with E-state index in [1.165, 1.54) is 0 Å². The highest BCUT2D eigenvalue weighted by atomic mass is 16.5. The first kappa shape index (κ1) is 23.8. The van der Waals surface area contributed by atoms with Crippen molar-refractivity contribution >= 4 is 17.8 Å². The number of carbonyl (C=O) groups is 2. The molecule has 36 heavy (non-hydrogen) atoms. The van der Waals surface area contributed by atoms with E-state index in [0.717, 1.165) is 47.4 Å². The van der Waals surface area contributed by atoms with Crippen molar-refractivity contribution in [2.24, 2.45) is 0 Å². The summed E-state index contributed by atoms with van der Waals surface area (Å²) in [7, 11) is 1.64. The largest absolute Gasteiger partial charge is 0.497 e. The molecule has 2 aliphatic heterocycles. The van der Waals surface area contributed by atoms with Gasteiger partial charge in [0, 0.05) is 43.9 Å². The zero-order valence-corrected chi connectivity index (χ0v) is 21.0. The molecule has 2 saturated heterocycles. The van der Waals surface area contributed by atoms with Crippen LogP contribution in [0.3, 0.4) is 0 Å². The number of amides is 3. The average molecular weight is 489 g/mol. The number of hydrogen-bond acceptors (Lipinski definition) is 5. The van der Waals surface area contributed by atoms with Crippen LogP contribution in [0.2, 0.25) is 0 Å². The Balaban J connectivity index is 1.48. The molecule has 1 aromatic carbocycles. The standard InChI is InChI=1S/C27H32N6O3/c1-4-24-23(21-15-28-29-16-21)8-9-25(30-24)32-18-27(10-12-31(13-11-27)19(2)34)33(26(32)35)17-20-6-5-7-22(14-20)36-3/h5-9,14-16H,4,10-13,17-18H2,1-3H3,(H,28,29). The zero-order chi connectivity index (χ0) is 25.3. The highest BCUT2D eigenvalue weighted by Crippen LogP contribution is 2.39. The van der Waals surface area contributed by atoms with Gasteiger partial charge in [0.1, 0.15) is 11.6 Å². The van der Waals surface area contributed by atoms with Crippen LogP contribution in [0.1, 0.15) is 37.9 Å². The number of nitrogens with zero attached hydrogens (tertiary/aromatic N) is 5. The average Bonchev–Trinajstić information content (AvgIpc) is 3.52. The minimum atomic E-state index is -0.372. The van der Waals surface area contributed by atoms with E-state index in [1.807, 2.05) is 57.3 Å². The normalized spacial score (nSPS) is 17.2. The highest BCUT2D eigenvalue weighted by Gasteiger charge is 2.51. The molecule has 5 rings (SSSR count). The zero-order valence-electron chi connectivity index (χ0n) is 21.0. The number of urea groups is 1. The maximum atomic E-state index is 14.0. The summed E-state index contributed by atoms with van der Waals surface area (Å²) in [4.78, 5) is 36.5. The minimum absolute atomic E-state index is 0.0558. The molecule has 0 bridgehead atoms. The van der Waals surface area contributed by atoms with Gasteiger partial charge in [-0.15, -0.1) is 0 Å². The summed E-state index contributed by atoms with van der Waals surface area (Å²) in [5.74, 6) is 1.50. The molecule has 2 fully saturated rings. The van der Waals surface area contributed by atoms with E-state index in [4.69, 9.17) is 9.72 Å². The molecule has 9 nitrogen and oxygen atoms in total. The van der Waals surface area contributed by atoms with Crippen LogP contribution in [0.25, 0.3) is 11.1 Å². The number of anilines is 1. The number of rotatable bonds is 6. The summed E-state index contributed by atoms with van der Waals surface area (Å²) < 4.78 is 5.41. The summed E-state index contributed by atoms with van der Waals surface area (Å²) in [6.45, 7) is 5.96. The second kappa shape index (κ2) is 9.64. The molecule has 1 N–H and O–H groups in total. The lowest BCUT2D eigenvalue weighted by Crippen LogP contribution is -2.54. The Kier molecular flexibility index (Phi) is 6.38. The van der Waals surface area contributed by atoms with Crippen LogP contribution in [-0.2, 0) is 17.8 Å². The van der Waals surface area contributed by atoms with Crippen LogP contribution in [0.5, 0.6) is 5.75 Å². The first-order chi connectivity index (χ1) is 17.4. The molecule has 0 aliphatic carbocycles. The summed E-state index contributed by atoms with van der Waals surface area (Å²) in [5, 5.41) is 6.92. The Hall–Kier alpha value is -3.88. The Morgan fingerprint density at radius 2 is 2.00 bits per heavy atom. The Morgan fingerprint density at radius 3 is 2.67 bits per heavy atom. The molecular weight excluding hydrogens is 456 g/mol. The van der Waals surface area contributed by atoms with E-state index in [0.29, 0.717) is 32.0 Å². The van der Waals surface area contributed by atoms with Gasteiger partial charge in [0.2, 0.25) is 5.91 Å². The molecule has 188 valence electrons. The smallest absolute Gasteiger partial charge is 0.326 e. The second-order valence-electron chi connectivity index (χ2n) is 9.54. The number of benzene rings is 1. The molecule has 3 aromatic rings.